The Labute approximate surface area is 311 Å². The van der Waals surface area contributed by atoms with Crippen LogP contribution in [0.4, 0.5) is 5.82 Å². The number of ether oxygens (including phenoxy) is 1. The largest absolute Gasteiger partial charge is 0.790 e. The number of aromatic nitrogens is 4. The third-order valence-corrected chi connectivity index (χ3v) is 11.4. The van der Waals surface area contributed by atoms with Crippen molar-refractivity contribution in [1.82, 2.24) is 30.2 Å². The van der Waals surface area contributed by atoms with Crippen LogP contribution >= 0.6 is 35.2 Å². The fourth-order valence-electron chi connectivity index (χ4n) is 4.76. The lowest BCUT2D eigenvalue weighted by molar-refractivity contribution is -0.347. The van der Waals surface area contributed by atoms with Gasteiger partial charge in [0.15, 0.2) is 17.2 Å². The smallest absolute Gasteiger partial charge is 0.274 e. The number of carbonyl (C=O) groups is 3. The number of nitrogens with one attached hydrogen (secondary N) is 2. The maximum absolute atomic E-state index is 12.5. The van der Waals surface area contributed by atoms with Crippen LogP contribution in [0.15, 0.2) is 24.8 Å². The number of nitrogens with zero attached hydrogens (tertiary/aromatic N) is 4. The number of phosphoric ester groups is 3. The standard InChI is InChI=1S/C26H42N7O17P3S/c1-5-6-17(35)54-10-9-28-16(34)7-8-29-24(38)21(37)25(2,3)12-47-53(44,45)50-52(42,43)46-11-15-19(49-51(39,40)41)20(36)26(4,48-15)33-14-32-18-22(27)30-13-31-23(18)33/h5-6,13-15,19-21,36-37H,7-12H2,1-4H3,(H,28,34)(H,29,38)(H,42,43)(H,44,45)(H2,27,30,31)(H2,39,40,41)/p-4/b6-5+. The second-order valence-corrected chi connectivity index (χ2v) is 17.4. The van der Waals surface area contributed by atoms with Crippen LogP contribution in [0.25, 0.3) is 11.2 Å². The Kier molecular flexibility index (Phi) is 15.6. The number of hydrogen-bond donors (Lipinski definition) is 5. The summed E-state index contributed by atoms with van der Waals surface area (Å²) in [5, 5.41) is 26.2. The SMILES string of the molecule is C/C=C/C(=O)SCCNC(=O)CCNC(=O)C(O)C(C)(C)COP(=O)([O-])OP(=O)([O-])OCC1OC(C)(n2cnc3c(N)ncnc32)C(O)C1OP(=O)([O-])[O-]. The number of fused-ring (bicyclic) bond motifs is 1. The molecule has 0 aliphatic carbocycles. The first-order chi connectivity index (χ1) is 24.9. The predicted molar refractivity (Wildman–Crippen MR) is 178 cm³/mol. The number of anilines is 1. The number of amides is 2. The van der Waals surface area contributed by atoms with E-state index in [9.17, 15) is 57.9 Å². The molecule has 0 bridgehead atoms. The van der Waals surface area contributed by atoms with E-state index in [4.69, 9.17) is 10.5 Å². The second-order valence-electron chi connectivity index (χ2n) is 12.2. The average molecular weight is 846 g/mol. The molecule has 0 spiro atoms. The highest BCUT2D eigenvalue weighted by molar-refractivity contribution is 8.14. The number of aliphatic hydroxyl groups excluding tert-OH is 2. The maximum atomic E-state index is 12.5. The molecule has 6 N–H and O–H groups in total. The summed E-state index contributed by atoms with van der Waals surface area (Å²) < 4.78 is 60.9. The summed E-state index contributed by atoms with van der Waals surface area (Å²) in [6.45, 7) is 2.92. The fourth-order valence-corrected chi connectivity index (χ4v) is 8.12. The Hall–Kier alpha value is -2.70. The quantitative estimate of drug-likeness (QED) is 0.0500. The van der Waals surface area contributed by atoms with Gasteiger partial charge in [-0.3, -0.25) is 28.1 Å². The van der Waals surface area contributed by atoms with Crippen LogP contribution in [-0.2, 0) is 56.4 Å². The molecule has 7 atom stereocenters. The summed E-state index contributed by atoms with van der Waals surface area (Å²) in [4.78, 5) is 95.6. The van der Waals surface area contributed by atoms with E-state index in [0.29, 0.717) is 5.75 Å². The van der Waals surface area contributed by atoms with E-state index in [1.165, 1.54) is 26.8 Å². The summed E-state index contributed by atoms with van der Waals surface area (Å²) in [5.74, 6) is -1.25. The number of allylic oxidation sites excluding steroid dienone is 1. The van der Waals surface area contributed by atoms with Gasteiger partial charge in [-0.2, -0.15) is 0 Å². The molecule has 54 heavy (non-hydrogen) atoms. The Morgan fingerprint density at radius 3 is 2.44 bits per heavy atom. The van der Waals surface area contributed by atoms with Gasteiger partial charge in [-0.1, -0.05) is 31.7 Å². The first-order valence-electron chi connectivity index (χ1n) is 15.6. The van der Waals surface area contributed by atoms with Gasteiger partial charge < -0.3 is 69.0 Å². The number of nitrogen functional groups attached to an aromatic ring is 1. The number of nitrogens with two attached hydrogens (primary N) is 1. The van der Waals surface area contributed by atoms with Crippen molar-refractivity contribution in [2.24, 2.45) is 5.41 Å². The molecule has 7 unspecified atom stereocenters. The van der Waals surface area contributed by atoms with Gasteiger partial charge in [-0.15, -0.1) is 0 Å². The van der Waals surface area contributed by atoms with Crippen LogP contribution in [-0.4, -0.2) is 103 Å². The topological polar surface area (TPSA) is 375 Å². The molecule has 3 heterocycles. The molecular weight excluding hydrogens is 807 g/mol. The van der Waals surface area contributed by atoms with E-state index in [1.807, 2.05) is 0 Å². The molecule has 0 radical (unpaired) electrons. The molecule has 1 fully saturated rings. The average Bonchev–Trinajstić information content (AvgIpc) is 3.60. The number of thioether (sulfide) groups is 1. The molecule has 304 valence electrons. The second kappa shape index (κ2) is 18.5. The van der Waals surface area contributed by atoms with Gasteiger partial charge in [-0.05, 0) is 19.9 Å². The maximum Gasteiger partial charge on any atom is 0.274 e. The number of rotatable bonds is 20. The van der Waals surface area contributed by atoms with Crippen LogP contribution in [0.2, 0.25) is 0 Å². The summed E-state index contributed by atoms with van der Waals surface area (Å²) in [6, 6.07) is 0. The molecule has 0 aromatic carbocycles. The number of phosphoric acid groups is 3. The fraction of sp³-hybridized carbons (Fsp3) is 0.615. The predicted octanol–water partition coefficient (Wildman–Crippen LogP) is -3.11. The third kappa shape index (κ3) is 12.7. The van der Waals surface area contributed by atoms with Crippen molar-refractivity contribution in [3.05, 3.63) is 24.8 Å². The molecule has 0 saturated carbocycles. The summed E-state index contributed by atoms with van der Waals surface area (Å²) in [6.07, 6.45) is -3.13. The molecule has 1 aliphatic heterocycles. The lowest BCUT2D eigenvalue weighted by atomic mass is 9.87. The highest BCUT2D eigenvalue weighted by Crippen LogP contribution is 2.56. The van der Waals surface area contributed by atoms with Gasteiger partial charge in [0, 0.05) is 30.7 Å². The zero-order valence-corrected chi connectivity index (χ0v) is 32.5. The molecule has 2 amide bonds. The third-order valence-electron chi connectivity index (χ3n) is 7.51. The number of carbonyl (C=O) groups excluding carboxylic acids is 3. The molecule has 3 rings (SSSR count). The van der Waals surface area contributed by atoms with Crippen LogP contribution < -0.4 is 35.9 Å². The van der Waals surface area contributed by atoms with E-state index < -0.39 is 84.1 Å². The van der Waals surface area contributed by atoms with E-state index in [2.05, 4.69) is 43.5 Å². The van der Waals surface area contributed by atoms with Crippen molar-refractivity contribution in [2.45, 2.75) is 64.3 Å². The number of imidazole rings is 1. The van der Waals surface area contributed by atoms with Gasteiger partial charge in [0.25, 0.3) is 15.6 Å². The van der Waals surface area contributed by atoms with E-state index >= 15 is 0 Å². The normalized spacial score (nSPS) is 23.6. The van der Waals surface area contributed by atoms with Crippen molar-refractivity contribution in [3.63, 3.8) is 0 Å². The van der Waals surface area contributed by atoms with Crippen molar-refractivity contribution < 1.29 is 80.5 Å². The van der Waals surface area contributed by atoms with Crippen molar-refractivity contribution in [3.8, 4) is 0 Å². The lowest BCUT2D eigenvalue weighted by Gasteiger charge is -2.36. The Morgan fingerprint density at radius 2 is 1.80 bits per heavy atom. The zero-order chi connectivity index (χ0) is 40.7. The molecule has 1 aliphatic rings. The first-order valence-corrected chi connectivity index (χ1v) is 20.9. The minimum absolute atomic E-state index is 0.0334. The Morgan fingerprint density at radius 1 is 1.13 bits per heavy atom. The minimum atomic E-state index is -5.93. The van der Waals surface area contributed by atoms with Gasteiger partial charge in [0.05, 0.1) is 27.4 Å². The summed E-state index contributed by atoms with van der Waals surface area (Å²) in [7, 11) is -17.6. The molecule has 24 nitrogen and oxygen atoms in total. The van der Waals surface area contributed by atoms with Crippen molar-refractivity contribution in [1.29, 1.82) is 0 Å². The summed E-state index contributed by atoms with van der Waals surface area (Å²) in [5.41, 5.74) is 2.02. The molecule has 2 aromatic heterocycles. The summed E-state index contributed by atoms with van der Waals surface area (Å²) >= 11 is 0.996. The molecular formula is C26H38N7O17P3S-4. The van der Waals surface area contributed by atoms with Gasteiger partial charge in [0.2, 0.25) is 16.9 Å². The molecule has 2 aromatic rings. The monoisotopic (exact) mass is 845 g/mol. The lowest BCUT2D eigenvalue weighted by Crippen LogP contribution is -2.46. The number of hydrogen-bond acceptors (Lipinski definition) is 22. The van der Waals surface area contributed by atoms with Crippen LogP contribution in [0, 0.1) is 5.41 Å². The van der Waals surface area contributed by atoms with E-state index in [-0.39, 0.29) is 41.6 Å². The zero-order valence-electron chi connectivity index (χ0n) is 29.0. The number of aliphatic hydroxyl groups is 2. The Balaban J connectivity index is 1.56. The van der Waals surface area contributed by atoms with Gasteiger partial charge in [0.1, 0.15) is 36.3 Å². The molecule has 1 saturated heterocycles. The highest BCUT2D eigenvalue weighted by Gasteiger charge is 2.55. The first kappa shape index (κ1) is 45.7. The minimum Gasteiger partial charge on any atom is -0.790 e. The van der Waals surface area contributed by atoms with Gasteiger partial charge >= 0.3 is 0 Å². The Bertz CT molecular complexity index is 1840. The molecule has 28 heteroatoms. The van der Waals surface area contributed by atoms with E-state index in [0.717, 1.165) is 29.0 Å². The highest BCUT2D eigenvalue weighted by atomic mass is 32.2. The van der Waals surface area contributed by atoms with Crippen LogP contribution in [0.5, 0.6) is 0 Å². The van der Waals surface area contributed by atoms with Crippen LogP contribution in [0.1, 0.15) is 34.1 Å². The van der Waals surface area contributed by atoms with Crippen LogP contribution in [0.3, 0.4) is 0 Å². The van der Waals surface area contributed by atoms with Crippen molar-refractivity contribution >= 4 is 69.1 Å². The van der Waals surface area contributed by atoms with E-state index in [1.54, 1.807) is 13.0 Å². The van der Waals surface area contributed by atoms with Crippen molar-refractivity contribution in [2.75, 3.05) is 37.8 Å². The van der Waals surface area contributed by atoms with Gasteiger partial charge in [-0.25, -0.2) is 19.3 Å².